The van der Waals surface area contributed by atoms with Crippen molar-refractivity contribution in [3.05, 3.63) is 0 Å². The van der Waals surface area contributed by atoms with Gasteiger partial charge in [-0.15, -0.1) is 0 Å². The van der Waals surface area contributed by atoms with Crippen LogP contribution in [0.15, 0.2) is 0 Å². The highest BCUT2D eigenvalue weighted by Crippen LogP contribution is 2.28. The SMILES string of the molecule is CC1CCCCC1C.[Si]. The lowest BCUT2D eigenvalue weighted by atomic mass is 9.82. The van der Waals surface area contributed by atoms with Crippen molar-refractivity contribution >= 4 is 11.0 Å². The molecule has 0 N–H and O–H groups in total. The van der Waals surface area contributed by atoms with Crippen LogP contribution in [0.4, 0.5) is 0 Å². The Bertz CT molecular complexity index is 61.0. The first kappa shape index (κ1) is 9.22. The van der Waals surface area contributed by atoms with Gasteiger partial charge in [0.15, 0.2) is 0 Å². The van der Waals surface area contributed by atoms with E-state index in [0.29, 0.717) is 0 Å². The van der Waals surface area contributed by atoms with Crippen molar-refractivity contribution in [3.63, 3.8) is 0 Å². The molecule has 0 amide bonds. The zero-order valence-corrected chi connectivity index (χ0v) is 7.48. The Morgan fingerprint density at radius 2 is 1.22 bits per heavy atom. The Morgan fingerprint density at radius 3 is 1.44 bits per heavy atom. The summed E-state index contributed by atoms with van der Waals surface area (Å²) in [6.07, 6.45) is 5.90. The molecule has 1 aliphatic carbocycles. The van der Waals surface area contributed by atoms with Gasteiger partial charge in [0.25, 0.3) is 0 Å². The summed E-state index contributed by atoms with van der Waals surface area (Å²) in [5.41, 5.74) is 0. The van der Waals surface area contributed by atoms with E-state index in [2.05, 4.69) is 13.8 Å². The van der Waals surface area contributed by atoms with Crippen LogP contribution in [0.25, 0.3) is 0 Å². The summed E-state index contributed by atoms with van der Waals surface area (Å²) in [7, 11) is 0. The minimum atomic E-state index is 0. The lowest BCUT2D eigenvalue weighted by Crippen LogP contribution is -2.12. The van der Waals surface area contributed by atoms with Gasteiger partial charge in [-0.2, -0.15) is 0 Å². The van der Waals surface area contributed by atoms with E-state index >= 15 is 0 Å². The highest BCUT2D eigenvalue weighted by atomic mass is 28.1. The Hall–Kier alpha value is 0.217. The molecule has 1 aliphatic rings. The molecule has 0 aromatic rings. The number of rotatable bonds is 0. The lowest BCUT2D eigenvalue weighted by Gasteiger charge is -2.24. The summed E-state index contributed by atoms with van der Waals surface area (Å²) in [5.74, 6) is 2.01. The van der Waals surface area contributed by atoms with Crippen LogP contribution in [0.1, 0.15) is 39.5 Å². The molecule has 0 heterocycles. The van der Waals surface area contributed by atoms with Gasteiger partial charge in [0.2, 0.25) is 0 Å². The molecule has 1 heteroatoms. The predicted octanol–water partition coefficient (Wildman–Crippen LogP) is 2.45. The van der Waals surface area contributed by atoms with Gasteiger partial charge in [-0.1, -0.05) is 39.5 Å². The van der Waals surface area contributed by atoms with Crippen molar-refractivity contribution in [3.8, 4) is 0 Å². The molecule has 0 aliphatic heterocycles. The Labute approximate surface area is 63.1 Å². The summed E-state index contributed by atoms with van der Waals surface area (Å²) in [4.78, 5) is 0. The fourth-order valence-corrected chi connectivity index (χ4v) is 1.50. The monoisotopic (exact) mass is 140 g/mol. The van der Waals surface area contributed by atoms with Crippen molar-refractivity contribution in [2.24, 2.45) is 11.8 Å². The van der Waals surface area contributed by atoms with Crippen LogP contribution in [0.2, 0.25) is 0 Å². The highest BCUT2D eigenvalue weighted by Gasteiger charge is 2.15. The van der Waals surface area contributed by atoms with Gasteiger partial charge in [0.05, 0.1) is 0 Å². The van der Waals surface area contributed by atoms with Crippen LogP contribution < -0.4 is 0 Å². The molecule has 0 nitrogen and oxygen atoms in total. The zero-order valence-electron chi connectivity index (χ0n) is 6.48. The molecule has 9 heavy (non-hydrogen) atoms. The van der Waals surface area contributed by atoms with Crippen LogP contribution in [-0.2, 0) is 0 Å². The smallest absolute Gasteiger partial charge is 0 e. The highest BCUT2D eigenvalue weighted by molar-refractivity contribution is 5.75. The molecule has 0 aromatic carbocycles. The molecular weight excluding hydrogens is 124 g/mol. The molecule has 1 rings (SSSR count). The van der Waals surface area contributed by atoms with E-state index in [4.69, 9.17) is 0 Å². The average molecular weight is 140 g/mol. The normalized spacial score (nSPS) is 35.3. The second kappa shape index (κ2) is 4.10. The molecule has 2 atom stereocenters. The summed E-state index contributed by atoms with van der Waals surface area (Å²) in [6.45, 7) is 4.76. The third-order valence-corrected chi connectivity index (χ3v) is 2.54. The van der Waals surface area contributed by atoms with E-state index in [1.54, 1.807) is 0 Å². The molecule has 1 saturated carbocycles. The van der Waals surface area contributed by atoms with Gasteiger partial charge in [0, 0.05) is 11.0 Å². The van der Waals surface area contributed by atoms with E-state index in [9.17, 15) is 0 Å². The first-order valence-electron chi connectivity index (χ1n) is 3.80. The topological polar surface area (TPSA) is 0 Å². The van der Waals surface area contributed by atoms with Crippen molar-refractivity contribution in [1.82, 2.24) is 0 Å². The quantitative estimate of drug-likeness (QED) is 0.453. The van der Waals surface area contributed by atoms with Crippen LogP contribution >= 0.6 is 0 Å². The van der Waals surface area contributed by atoms with Crippen LogP contribution in [0.3, 0.4) is 0 Å². The van der Waals surface area contributed by atoms with E-state index in [1.807, 2.05) is 0 Å². The summed E-state index contributed by atoms with van der Waals surface area (Å²) < 4.78 is 0. The molecular formula is C8H16Si. The summed E-state index contributed by atoms with van der Waals surface area (Å²) >= 11 is 0. The molecule has 0 spiro atoms. The van der Waals surface area contributed by atoms with Gasteiger partial charge in [-0.25, -0.2) is 0 Å². The van der Waals surface area contributed by atoms with E-state index in [0.717, 1.165) is 11.8 Å². The Balaban J connectivity index is 0.000000640. The maximum atomic E-state index is 2.38. The molecule has 1 fully saturated rings. The van der Waals surface area contributed by atoms with Crippen molar-refractivity contribution in [1.29, 1.82) is 0 Å². The third-order valence-electron chi connectivity index (χ3n) is 2.54. The van der Waals surface area contributed by atoms with Crippen molar-refractivity contribution in [2.45, 2.75) is 39.5 Å². The van der Waals surface area contributed by atoms with E-state index < -0.39 is 0 Å². The fourth-order valence-electron chi connectivity index (χ4n) is 1.50. The van der Waals surface area contributed by atoms with E-state index in [-0.39, 0.29) is 11.0 Å². The van der Waals surface area contributed by atoms with E-state index in [1.165, 1.54) is 25.7 Å². The molecule has 0 saturated heterocycles. The maximum Gasteiger partial charge on any atom is 0 e. The molecule has 52 valence electrons. The van der Waals surface area contributed by atoms with Crippen LogP contribution in [0, 0.1) is 11.8 Å². The first-order valence-corrected chi connectivity index (χ1v) is 3.80. The Kier molecular flexibility index (Phi) is 4.20. The first-order chi connectivity index (χ1) is 3.80. The summed E-state index contributed by atoms with van der Waals surface area (Å²) in [6, 6.07) is 0. The largest absolute Gasteiger partial charge is 0.0623 e. The van der Waals surface area contributed by atoms with Crippen LogP contribution in [0.5, 0.6) is 0 Å². The second-order valence-corrected chi connectivity index (χ2v) is 3.24. The lowest BCUT2D eigenvalue weighted by molar-refractivity contribution is 0.277. The molecule has 0 bridgehead atoms. The minimum absolute atomic E-state index is 0. The zero-order chi connectivity index (χ0) is 5.98. The van der Waals surface area contributed by atoms with Gasteiger partial charge in [0.1, 0.15) is 0 Å². The summed E-state index contributed by atoms with van der Waals surface area (Å²) in [5, 5.41) is 0. The minimum Gasteiger partial charge on any atom is -0.0623 e. The molecule has 4 radical (unpaired) electrons. The fraction of sp³-hybridized carbons (Fsp3) is 1.00. The average Bonchev–Trinajstić information content (AvgIpc) is 1.77. The predicted molar refractivity (Wildman–Crippen MR) is 42.6 cm³/mol. The maximum absolute atomic E-state index is 2.38. The standard InChI is InChI=1S/C8H16.Si/c1-7-5-3-4-6-8(7)2;/h7-8H,3-6H2,1-2H3;. The van der Waals surface area contributed by atoms with Gasteiger partial charge < -0.3 is 0 Å². The second-order valence-electron chi connectivity index (χ2n) is 3.24. The van der Waals surface area contributed by atoms with Gasteiger partial charge in [-0.3, -0.25) is 0 Å². The third kappa shape index (κ3) is 2.52. The van der Waals surface area contributed by atoms with Gasteiger partial charge >= 0.3 is 0 Å². The van der Waals surface area contributed by atoms with Gasteiger partial charge in [-0.05, 0) is 11.8 Å². The number of hydrogen-bond acceptors (Lipinski definition) is 0. The molecule has 2 unspecified atom stereocenters. The Morgan fingerprint density at radius 1 is 0.889 bits per heavy atom. The molecule has 0 aromatic heterocycles. The van der Waals surface area contributed by atoms with Crippen molar-refractivity contribution < 1.29 is 0 Å². The number of hydrogen-bond donors (Lipinski definition) is 0. The van der Waals surface area contributed by atoms with Crippen molar-refractivity contribution in [2.75, 3.05) is 0 Å². The van der Waals surface area contributed by atoms with Crippen LogP contribution in [-0.4, -0.2) is 11.0 Å².